The van der Waals surface area contributed by atoms with Crippen molar-refractivity contribution in [3.8, 4) is 0 Å². The molecule has 0 fully saturated rings. The summed E-state index contributed by atoms with van der Waals surface area (Å²) in [5, 5.41) is 6.02. The Morgan fingerprint density at radius 2 is 1.74 bits per heavy atom. The van der Waals surface area contributed by atoms with E-state index in [1.54, 1.807) is 42.5 Å². The molecule has 0 aliphatic heterocycles. The van der Waals surface area contributed by atoms with E-state index < -0.39 is 0 Å². The molecule has 4 aromatic rings. The van der Waals surface area contributed by atoms with Gasteiger partial charge >= 0.3 is 0 Å². The number of carbonyl (C=O) groups excluding carboxylic acids is 2. The number of hydrogen-bond donors (Lipinski definition) is 2. The minimum Gasteiger partial charge on any atom is -0.459 e. The lowest BCUT2D eigenvalue weighted by atomic mass is 10.1. The van der Waals surface area contributed by atoms with Gasteiger partial charge in [-0.05, 0) is 55.0 Å². The quantitative estimate of drug-likeness (QED) is 0.500. The summed E-state index contributed by atoms with van der Waals surface area (Å²) in [5.74, 6) is -0.374. The lowest BCUT2D eigenvalue weighted by Gasteiger charge is -2.09. The Morgan fingerprint density at radius 1 is 1.00 bits per heavy atom. The van der Waals surface area contributed by atoms with Gasteiger partial charge in [-0.15, -0.1) is 0 Å². The fourth-order valence-electron chi connectivity index (χ4n) is 3.18. The highest BCUT2D eigenvalue weighted by Crippen LogP contribution is 2.15. The molecule has 0 aliphatic rings. The molecule has 0 atom stereocenters. The molecular weight excluding hydrogens is 396 g/mol. The van der Waals surface area contributed by atoms with Gasteiger partial charge in [-0.3, -0.25) is 19.0 Å². The molecule has 31 heavy (non-hydrogen) atoms. The zero-order valence-corrected chi connectivity index (χ0v) is 16.8. The number of aryl methyl sites for hydroxylation is 2. The van der Waals surface area contributed by atoms with Gasteiger partial charge in [-0.1, -0.05) is 12.1 Å². The van der Waals surface area contributed by atoms with Crippen LogP contribution in [0.15, 0.2) is 76.4 Å². The molecular formula is C23H20N4O4. The fraction of sp³-hybridized carbons (Fsp3) is 0.130. The summed E-state index contributed by atoms with van der Waals surface area (Å²) < 4.78 is 6.49. The number of rotatable bonds is 6. The van der Waals surface area contributed by atoms with Gasteiger partial charge in [0.25, 0.3) is 11.5 Å². The molecule has 2 aromatic carbocycles. The second-order valence-corrected chi connectivity index (χ2v) is 7.02. The average Bonchev–Trinajstić information content (AvgIpc) is 3.30. The summed E-state index contributed by atoms with van der Waals surface area (Å²) in [4.78, 5) is 41.2. The molecule has 2 amide bonds. The van der Waals surface area contributed by atoms with Crippen LogP contribution in [-0.2, 0) is 11.3 Å². The van der Waals surface area contributed by atoms with Crippen LogP contribution >= 0.6 is 0 Å². The topological polar surface area (TPSA) is 106 Å². The third kappa shape index (κ3) is 4.53. The Labute approximate surface area is 177 Å². The lowest BCUT2D eigenvalue weighted by molar-refractivity contribution is -0.116. The fourth-order valence-corrected chi connectivity index (χ4v) is 3.18. The van der Waals surface area contributed by atoms with E-state index in [0.29, 0.717) is 22.3 Å². The maximum atomic E-state index is 12.6. The molecule has 0 radical (unpaired) electrons. The Balaban J connectivity index is 1.35. The van der Waals surface area contributed by atoms with E-state index in [1.807, 2.05) is 19.1 Å². The summed E-state index contributed by atoms with van der Waals surface area (Å²) in [7, 11) is 0. The van der Waals surface area contributed by atoms with E-state index in [0.717, 1.165) is 5.56 Å². The van der Waals surface area contributed by atoms with Crippen molar-refractivity contribution in [3.63, 3.8) is 0 Å². The Kier molecular flexibility index (Phi) is 5.61. The van der Waals surface area contributed by atoms with Gasteiger partial charge < -0.3 is 15.1 Å². The highest BCUT2D eigenvalue weighted by Gasteiger charge is 2.10. The van der Waals surface area contributed by atoms with Gasteiger partial charge in [0.1, 0.15) is 0 Å². The van der Waals surface area contributed by atoms with Crippen LogP contribution < -0.4 is 16.2 Å². The molecule has 0 spiro atoms. The van der Waals surface area contributed by atoms with E-state index in [2.05, 4.69) is 15.6 Å². The molecule has 8 heteroatoms. The monoisotopic (exact) mass is 416 g/mol. The van der Waals surface area contributed by atoms with Crippen LogP contribution in [0.4, 0.5) is 11.4 Å². The number of carbonyl (C=O) groups is 2. The first-order chi connectivity index (χ1) is 15.0. The van der Waals surface area contributed by atoms with Crippen LogP contribution in [0.2, 0.25) is 0 Å². The van der Waals surface area contributed by atoms with Gasteiger partial charge in [0.2, 0.25) is 5.91 Å². The number of amides is 2. The molecule has 0 bridgehead atoms. The highest BCUT2D eigenvalue weighted by atomic mass is 16.3. The van der Waals surface area contributed by atoms with E-state index in [1.165, 1.54) is 17.2 Å². The van der Waals surface area contributed by atoms with Crippen molar-refractivity contribution >= 4 is 34.1 Å². The van der Waals surface area contributed by atoms with Gasteiger partial charge in [0.05, 0.1) is 23.5 Å². The molecule has 2 aromatic heterocycles. The number of para-hydroxylation sites is 1. The summed E-state index contributed by atoms with van der Waals surface area (Å²) in [6.45, 7) is 2.12. The van der Waals surface area contributed by atoms with Crippen molar-refractivity contribution in [1.82, 2.24) is 9.55 Å². The van der Waals surface area contributed by atoms with E-state index in [-0.39, 0.29) is 36.1 Å². The Morgan fingerprint density at radius 3 is 2.45 bits per heavy atom. The van der Waals surface area contributed by atoms with Crippen molar-refractivity contribution < 1.29 is 14.0 Å². The first kappa shape index (κ1) is 20.1. The molecule has 0 saturated heterocycles. The van der Waals surface area contributed by atoms with Crippen molar-refractivity contribution in [2.45, 2.75) is 19.9 Å². The second-order valence-electron chi connectivity index (χ2n) is 7.02. The van der Waals surface area contributed by atoms with Crippen LogP contribution in [0.5, 0.6) is 0 Å². The third-order valence-corrected chi connectivity index (χ3v) is 4.81. The smallest absolute Gasteiger partial charge is 0.291 e. The summed E-state index contributed by atoms with van der Waals surface area (Å²) >= 11 is 0. The van der Waals surface area contributed by atoms with Crippen LogP contribution in [0.1, 0.15) is 22.5 Å². The number of hydrogen-bond acceptors (Lipinski definition) is 5. The third-order valence-electron chi connectivity index (χ3n) is 4.81. The number of aromatic nitrogens is 2. The van der Waals surface area contributed by atoms with Crippen LogP contribution in [0, 0.1) is 6.92 Å². The summed E-state index contributed by atoms with van der Waals surface area (Å²) in [6.07, 6.45) is 3.02. The predicted molar refractivity (Wildman–Crippen MR) is 117 cm³/mol. The number of fused-ring (bicyclic) bond motifs is 1. The van der Waals surface area contributed by atoms with E-state index in [9.17, 15) is 14.4 Å². The zero-order valence-electron chi connectivity index (χ0n) is 16.8. The standard InChI is InChI=1S/C23H20N4O4/c1-15-4-2-5-18-21(15)24-14-27(23(18)30)12-11-20(28)25-16-7-9-17(10-8-16)26-22(29)19-6-3-13-31-19/h2-10,13-14H,11-12H2,1H3,(H,25,28)(H,26,29). The van der Waals surface area contributed by atoms with Crippen molar-refractivity contribution in [2.75, 3.05) is 10.6 Å². The van der Waals surface area contributed by atoms with Crippen molar-refractivity contribution in [2.24, 2.45) is 0 Å². The minimum atomic E-state index is -0.355. The first-order valence-corrected chi connectivity index (χ1v) is 9.71. The van der Waals surface area contributed by atoms with Crippen LogP contribution in [0.25, 0.3) is 10.9 Å². The summed E-state index contributed by atoms with van der Waals surface area (Å²) in [5.41, 5.74) is 2.60. The SMILES string of the molecule is Cc1cccc2c(=O)n(CCC(=O)Nc3ccc(NC(=O)c4ccco4)cc3)cnc12. The van der Waals surface area contributed by atoms with Crippen LogP contribution in [0.3, 0.4) is 0 Å². The highest BCUT2D eigenvalue weighted by molar-refractivity contribution is 6.02. The molecule has 8 nitrogen and oxygen atoms in total. The normalized spacial score (nSPS) is 10.7. The first-order valence-electron chi connectivity index (χ1n) is 9.71. The molecule has 0 unspecified atom stereocenters. The van der Waals surface area contributed by atoms with Gasteiger partial charge in [0, 0.05) is 24.3 Å². The van der Waals surface area contributed by atoms with Gasteiger partial charge in [-0.2, -0.15) is 0 Å². The van der Waals surface area contributed by atoms with E-state index in [4.69, 9.17) is 4.42 Å². The number of nitrogens with one attached hydrogen (secondary N) is 2. The van der Waals surface area contributed by atoms with Crippen molar-refractivity contribution in [1.29, 1.82) is 0 Å². The van der Waals surface area contributed by atoms with Crippen LogP contribution in [-0.4, -0.2) is 21.4 Å². The average molecular weight is 416 g/mol. The Hall–Kier alpha value is -4.20. The lowest BCUT2D eigenvalue weighted by Crippen LogP contribution is -2.23. The molecule has 0 saturated carbocycles. The maximum absolute atomic E-state index is 12.6. The minimum absolute atomic E-state index is 0.121. The summed E-state index contributed by atoms with van der Waals surface area (Å²) in [6, 6.07) is 15.4. The maximum Gasteiger partial charge on any atom is 0.291 e. The van der Waals surface area contributed by atoms with Crippen molar-refractivity contribution in [3.05, 3.63) is 88.9 Å². The number of benzene rings is 2. The van der Waals surface area contributed by atoms with E-state index >= 15 is 0 Å². The molecule has 156 valence electrons. The molecule has 2 N–H and O–H groups in total. The number of nitrogens with zero attached hydrogens (tertiary/aromatic N) is 2. The largest absolute Gasteiger partial charge is 0.459 e. The Bertz CT molecular complexity index is 1290. The number of anilines is 2. The molecule has 0 aliphatic carbocycles. The zero-order chi connectivity index (χ0) is 21.8. The van der Waals surface area contributed by atoms with Gasteiger partial charge in [-0.25, -0.2) is 4.98 Å². The molecule has 4 rings (SSSR count). The number of furan rings is 1. The van der Waals surface area contributed by atoms with Gasteiger partial charge in [0.15, 0.2) is 5.76 Å². The second kappa shape index (κ2) is 8.66. The molecule has 2 heterocycles. The predicted octanol–water partition coefficient (Wildman–Crippen LogP) is 3.58.